The van der Waals surface area contributed by atoms with Crippen molar-refractivity contribution in [1.29, 1.82) is 0 Å². The summed E-state index contributed by atoms with van der Waals surface area (Å²) in [5.41, 5.74) is 0.953. The van der Waals surface area contributed by atoms with Crippen LogP contribution >= 0.6 is 15.9 Å². The zero-order valence-corrected chi connectivity index (χ0v) is 13.3. The van der Waals surface area contributed by atoms with Crippen LogP contribution in [0.1, 0.15) is 25.8 Å². The summed E-state index contributed by atoms with van der Waals surface area (Å²) in [6, 6.07) is 3.70. The van der Waals surface area contributed by atoms with Gasteiger partial charge in [-0.1, -0.05) is 29.8 Å². The molecule has 4 nitrogen and oxygen atoms in total. The van der Waals surface area contributed by atoms with Crippen molar-refractivity contribution < 1.29 is 14.3 Å². The normalized spacial score (nSPS) is 11.8. The van der Waals surface area contributed by atoms with Crippen LogP contribution in [0.5, 0.6) is 11.5 Å². The molecule has 0 aliphatic heterocycles. The van der Waals surface area contributed by atoms with E-state index in [-0.39, 0.29) is 11.8 Å². The summed E-state index contributed by atoms with van der Waals surface area (Å²) in [5, 5.41) is 2.91. The minimum absolute atomic E-state index is 0.0268. The number of methoxy groups -OCH3 is 2. The van der Waals surface area contributed by atoms with Crippen molar-refractivity contribution in [3.63, 3.8) is 0 Å². The molecular weight excluding hydrogens is 310 g/mol. The highest BCUT2D eigenvalue weighted by Gasteiger charge is 2.13. The maximum atomic E-state index is 11.8. The van der Waals surface area contributed by atoms with Gasteiger partial charge in [0.1, 0.15) is 0 Å². The van der Waals surface area contributed by atoms with E-state index in [1.807, 2.05) is 26.0 Å². The first kappa shape index (κ1) is 15.8. The van der Waals surface area contributed by atoms with Gasteiger partial charge in [0.05, 0.1) is 14.2 Å². The van der Waals surface area contributed by atoms with Crippen LogP contribution in [-0.4, -0.2) is 20.1 Å². The molecule has 0 saturated heterocycles. The lowest BCUT2D eigenvalue weighted by Crippen LogP contribution is -2.28. The molecule has 1 N–H and O–H groups in total. The lowest BCUT2D eigenvalue weighted by molar-refractivity contribution is -0.124. The highest BCUT2D eigenvalue weighted by atomic mass is 79.9. The molecule has 0 radical (unpaired) electrons. The Morgan fingerprint density at radius 3 is 2.42 bits per heavy atom. The average molecular weight is 330 g/mol. The van der Waals surface area contributed by atoms with Gasteiger partial charge < -0.3 is 14.8 Å². The van der Waals surface area contributed by atoms with Gasteiger partial charge >= 0.3 is 0 Å². The number of nitrogens with one attached hydrogen (secondary N) is 1. The second-order valence-corrected chi connectivity index (χ2v) is 5.18. The van der Waals surface area contributed by atoms with Gasteiger partial charge in [-0.15, -0.1) is 0 Å². The highest BCUT2D eigenvalue weighted by Crippen LogP contribution is 2.33. The molecule has 1 amide bonds. The molecule has 1 aromatic carbocycles. The van der Waals surface area contributed by atoms with Crippen LogP contribution in [0.2, 0.25) is 0 Å². The smallest absolute Gasteiger partial charge is 0.223 e. The molecule has 0 heterocycles. The lowest BCUT2D eigenvalue weighted by Gasteiger charge is -2.14. The molecular formula is C14H20BrNO3. The summed E-state index contributed by atoms with van der Waals surface area (Å²) in [6.07, 6.45) is 0.832. The van der Waals surface area contributed by atoms with E-state index in [4.69, 9.17) is 9.47 Å². The fourth-order valence-corrected chi connectivity index (χ4v) is 2.04. The Morgan fingerprint density at radius 1 is 1.32 bits per heavy atom. The zero-order chi connectivity index (χ0) is 14.4. The summed E-state index contributed by atoms with van der Waals surface area (Å²) in [7, 11) is 3.18. The Morgan fingerprint density at radius 2 is 1.89 bits per heavy atom. The molecule has 0 unspecified atom stereocenters. The third kappa shape index (κ3) is 4.13. The number of amides is 1. The van der Waals surface area contributed by atoms with Gasteiger partial charge in [-0.2, -0.15) is 0 Å². The van der Waals surface area contributed by atoms with Crippen molar-refractivity contribution in [2.24, 2.45) is 5.92 Å². The summed E-state index contributed by atoms with van der Waals surface area (Å²) in [5.74, 6) is 1.40. The third-order valence-electron chi connectivity index (χ3n) is 3.07. The van der Waals surface area contributed by atoms with E-state index < -0.39 is 0 Å². The molecule has 19 heavy (non-hydrogen) atoms. The van der Waals surface area contributed by atoms with Crippen molar-refractivity contribution in [1.82, 2.24) is 5.32 Å². The van der Waals surface area contributed by atoms with E-state index in [0.717, 1.165) is 16.5 Å². The number of benzene rings is 1. The first-order chi connectivity index (χ1) is 9.03. The average Bonchev–Trinajstić information content (AvgIpc) is 2.44. The summed E-state index contributed by atoms with van der Waals surface area (Å²) < 4.78 is 11.3. The SMILES string of the molecule is CC[C@@H](C)C(=O)NCc1cc(OC)c(OC)cc1Br. The van der Waals surface area contributed by atoms with E-state index in [2.05, 4.69) is 21.2 Å². The molecule has 0 aliphatic rings. The van der Waals surface area contributed by atoms with Crippen LogP contribution in [0, 0.1) is 5.92 Å². The van der Waals surface area contributed by atoms with Crippen molar-refractivity contribution in [2.75, 3.05) is 14.2 Å². The number of carbonyl (C=O) groups excluding carboxylic acids is 1. The third-order valence-corrected chi connectivity index (χ3v) is 3.80. The van der Waals surface area contributed by atoms with E-state index in [9.17, 15) is 4.79 Å². The highest BCUT2D eigenvalue weighted by molar-refractivity contribution is 9.10. The number of carbonyl (C=O) groups is 1. The predicted octanol–water partition coefficient (Wildman–Crippen LogP) is 3.13. The number of ether oxygens (including phenoxy) is 2. The van der Waals surface area contributed by atoms with E-state index in [1.54, 1.807) is 14.2 Å². The van der Waals surface area contributed by atoms with E-state index >= 15 is 0 Å². The summed E-state index contributed by atoms with van der Waals surface area (Å²) in [4.78, 5) is 11.8. The molecule has 0 bridgehead atoms. The standard InChI is InChI=1S/C14H20BrNO3/c1-5-9(2)14(17)16-8-10-6-12(18-3)13(19-4)7-11(10)15/h6-7,9H,5,8H2,1-4H3,(H,16,17)/t9-/m1/s1. The second-order valence-electron chi connectivity index (χ2n) is 4.33. The van der Waals surface area contributed by atoms with Crippen LogP contribution in [0.15, 0.2) is 16.6 Å². The molecule has 5 heteroatoms. The lowest BCUT2D eigenvalue weighted by atomic mass is 10.1. The zero-order valence-electron chi connectivity index (χ0n) is 11.7. The number of hydrogen-bond acceptors (Lipinski definition) is 3. The van der Waals surface area contributed by atoms with Gasteiger partial charge in [-0.25, -0.2) is 0 Å². The van der Waals surface area contributed by atoms with E-state index in [0.29, 0.717) is 18.0 Å². The van der Waals surface area contributed by atoms with Crippen molar-refractivity contribution in [2.45, 2.75) is 26.8 Å². The molecule has 0 spiro atoms. The Balaban J connectivity index is 2.81. The van der Waals surface area contributed by atoms with Gasteiger partial charge in [0, 0.05) is 16.9 Å². The topological polar surface area (TPSA) is 47.6 Å². The summed E-state index contributed by atoms with van der Waals surface area (Å²) >= 11 is 3.47. The van der Waals surface area contributed by atoms with Crippen molar-refractivity contribution in [3.05, 3.63) is 22.2 Å². The molecule has 1 atom stereocenters. The molecule has 0 saturated carbocycles. The van der Waals surface area contributed by atoms with Crippen molar-refractivity contribution in [3.8, 4) is 11.5 Å². The Bertz CT molecular complexity index is 449. The maximum Gasteiger partial charge on any atom is 0.223 e. The van der Waals surface area contributed by atoms with Gasteiger partial charge in [0.2, 0.25) is 5.91 Å². The Hall–Kier alpha value is -1.23. The van der Waals surface area contributed by atoms with Crippen LogP contribution in [0.4, 0.5) is 0 Å². The molecule has 1 aromatic rings. The van der Waals surface area contributed by atoms with Crippen LogP contribution < -0.4 is 14.8 Å². The number of halogens is 1. The molecule has 106 valence electrons. The van der Waals surface area contributed by atoms with Gasteiger partial charge in [0.15, 0.2) is 11.5 Å². The summed E-state index contributed by atoms with van der Waals surface area (Å²) in [6.45, 7) is 4.37. The van der Waals surface area contributed by atoms with E-state index in [1.165, 1.54) is 0 Å². The Kier molecular flexibility index (Phi) is 6.15. The number of hydrogen-bond donors (Lipinski definition) is 1. The second kappa shape index (κ2) is 7.38. The molecule has 0 aromatic heterocycles. The first-order valence-electron chi connectivity index (χ1n) is 6.21. The minimum Gasteiger partial charge on any atom is -0.493 e. The molecule has 1 rings (SSSR count). The van der Waals surface area contributed by atoms with Crippen LogP contribution in [-0.2, 0) is 11.3 Å². The van der Waals surface area contributed by atoms with Crippen LogP contribution in [0.25, 0.3) is 0 Å². The quantitative estimate of drug-likeness (QED) is 0.872. The monoisotopic (exact) mass is 329 g/mol. The maximum absolute atomic E-state index is 11.8. The largest absolute Gasteiger partial charge is 0.493 e. The van der Waals surface area contributed by atoms with Gasteiger partial charge in [0.25, 0.3) is 0 Å². The van der Waals surface area contributed by atoms with Gasteiger partial charge in [-0.3, -0.25) is 4.79 Å². The molecule has 0 aliphatic carbocycles. The fraction of sp³-hybridized carbons (Fsp3) is 0.500. The van der Waals surface area contributed by atoms with Crippen molar-refractivity contribution >= 4 is 21.8 Å². The Labute approximate surface area is 122 Å². The van der Waals surface area contributed by atoms with Crippen LogP contribution in [0.3, 0.4) is 0 Å². The minimum atomic E-state index is 0.0268. The predicted molar refractivity (Wildman–Crippen MR) is 78.5 cm³/mol. The number of rotatable bonds is 6. The van der Waals surface area contributed by atoms with Gasteiger partial charge in [-0.05, 0) is 24.1 Å². The first-order valence-corrected chi connectivity index (χ1v) is 7.00. The fourth-order valence-electron chi connectivity index (χ4n) is 1.57. The molecule has 0 fully saturated rings.